The number of hydrogen-bond acceptors (Lipinski definition) is 6. The van der Waals surface area contributed by atoms with Crippen LogP contribution in [0.25, 0.3) is 22.0 Å². The summed E-state index contributed by atoms with van der Waals surface area (Å²) in [6.07, 6.45) is 6.04. The predicted molar refractivity (Wildman–Crippen MR) is 119 cm³/mol. The van der Waals surface area contributed by atoms with Crippen LogP contribution < -0.4 is 4.74 Å². The zero-order valence-corrected chi connectivity index (χ0v) is 18.4. The van der Waals surface area contributed by atoms with E-state index in [1.54, 1.807) is 6.20 Å². The van der Waals surface area contributed by atoms with Crippen molar-refractivity contribution in [3.05, 3.63) is 47.4 Å². The molecule has 1 saturated heterocycles. The van der Waals surface area contributed by atoms with E-state index in [-0.39, 0.29) is 5.97 Å². The zero-order valence-electron chi connectivity index (χ0n) is 18.4. The van der Waals surface area contributed by atoms with Gasteiger partial charge in [-0.3, -0.25) is 14.8 Å². The number of aromatic nitrogens is 2. The van der Waals surface area contributed by atoms with Crippen LogP contribution in [0.3, 0.4) is 0 Å². The van der Waals surface area contributed by atoms with Crippen molar-refractivity contribution in [2.45, 2.75) is 25.9 Å². The second-order valence-electron chi connectivity index (χ2n) is 8.51. The largest absolute Gasteiger partial charge is 0.477 e. The number of pyridine rings is 1. The Morgan fingerprint density at radius 1 is 1.26 bits per heavy atom. The Bertz CT molecular complexity index is 1130. The van der Waals surface area contributed by atoms with Crippen molar-refractivity contribution in [2.75, 3.05) is 34.0 Å². The molecule has 0 aliphatic carbocycles. The molecule has 7 heteroatoms. The summed E-state index contributed by atoms with van der Waals surface area (Å²) in [5.74, 6) is 0.548. The molecule has 0 radical (unpaired) electrons. The molecule has 0 bridgehead atoms. The molecule has 0 unspecified atom stereocenters. The highest BCUT2D eigenvalue weighted by Crippen LogP contribution is 2.44. The van der Waals surface area contributed by atoms with Gasteiger partial charge in [0.2, 0.25) is 0 Å². The first-order chi connectivity index (χ1) is 15.1. The number of rotatable bonds is 4. The summed E-state index contributed by atoms with van der Waals surface area (Å²) in [5.41, 5.74) is 5.74. The van der Waals surface area contributed by atoms with Gasteiger partial charge in [0.1, 0.15) is 12.5 Å². The van der Waals surface area contributed by atoms with Crippen molar-refractivity contribution in [1.29, 1.82) is 0 Å². The molecule has 3 aromatic rings. The summed E-state index contributed by atoms with van der Waals surface area (Å²) >= 11 is 0. The number of benzene rings is 1. The average Bonchev–Trinajstić information content (AvgIpc) is 3.40. The van der Waals surface area contributed by atoms with Crippen molar-refractivity contribution >= 4 is 16.9 Å². The van der Waals surface area contributed by atoms with Crippen molar-refractivity contribution in [1.82, 2.24) is 19.4 Å². The Hall–Kier alpha value is -2.90. The fourth-order valence-corrected chi connectivity index (χ4v) is 4.91. The number of fused-ring (bicyclic) bond motifs is 3. The van der Waals surface area contributed by atoms with Gasteiger partial charge in [0.15, 0.2) is 0 Å². The lowest BCUT2D eigenvalue weighted by atomic mass is 9.96. The quantitative estimate of drug-likeness (QED) is 0.603. The minimum Gasteiger partial charge on any atom is -0.477 e. The van der Waals surface area contributed by atoms with Crippen molar-refractivity contribution in [3.8, 4) is 16.9 Å². The highest BCUT2D eigenvalue weighted by atomic mass is 16.5. The van der Waals surface area contributed by atoms with Crippen LogP contribution in [0.4, 0.5) is 0 Å². The highest BCUT2D eigenvalue weighted by molar-refractivity contribution is 6.09. The standard InChI is InChI=1S/C24H28N4O3/c1-26-13-18-21-19(11-17(23(18)31-15-26)16-7-6-8-25-12-16)27(2)20(22(21)24(29)30-3)14-28-9-4-5-10-28/h6-8,11-12H,4-5,9-10,13-15H2,1-3H3. The zero-order chi connectivity index (χ0) is 21.5. The number of likely N-dealkylation sites (tertiary alicyclic amines) is 1. The SMILES string of the molecule is COC(=O)c1c(CN2CCCC2)n(C)c2cc(-c3cccnc3)c3c(c12)CN(C)CO3. The number of hydrogen-bond donors (Lipinski definition) is 0. The molecular formula is C24H28N4O3. The van der Waals surface area contributed by atoms with Crippen LogP contribution in [0.15, 0.2) is 30.6 Å². The first kappa shape index (κ1) is 20.0. The van der Waals surface area contributed by atoms with E-state index in [4.69, 9.17) is 9.47 Å². The van der Waals surface area contributed by atoms with Crippen LogP contribution >= 0.6 is 0 Å². The smallest absolute Gasteiger partial charge is 0.340 e. The second kappa shape index (κ2) is 7.98. The van der Waals surface area contributed by atoms with Gasteiger partial charge in [0.25, 0.3) is 0 Å². The number of esters is 1. The Morgan fingerprint density at radius 3 is 2.77 bits per heavy atom. The van der Waals surface area contributed by atoms with Crippen LogP contribution in [0.2, 0.25) is 0 Å². The summed E-state index contributed by atoms with van der Waals surface area (Å²) in [7, 11) is 5.53. The molecule has 5 rings (SSSR count). The average molecular weight is 421 g/mol. The molecule has 2 aromatic heterocycles. The van der Waals surface area contributed by atoms with Gasteiger partial charge >= 0.3 is 5.97 Å². The number of carbonyl (C=O) groups excluding carboxylic acids is 1. The predicted octanol–water partition coefficient (Wildman–Crippen LogP) is 3.40. The third-order valence-corrected chi connectivity index (χ3v) is 6.45. The molecule has 2 aliphatic rings. The number of aryl methyl sites for hydroxylation is 1. The molecule has 2 aliphatic heterocycles. The summed E-state index contributed by atoms with van der Waals surface area (Å²) in [5, 5.41) is 0.942. The van der Waals surface area contributed by atoms with Gasteiger partial charge in [0, 0.05) is 60.3 Å². The van der Waals surface area contributed by atoms with E-state index >= 15 is 0 Å². The fraction of sp³-hybridized carbons (Fsp3) is 0.417. The van der Waals surface area contributed by atoms with Crippen molar-refractivity contribution in [2.24, 2.45) is 7.05 Å². The molecule has 0 spiro atoms. The van der Waals surface area contributed by atoms with Gasteiger partial charge in [-0.2, -0.15) is 0 Å². The maximum Gasteiger partial charge on any atom is 0.340 e. The number of methoxy groups -OCH3 is 1. The first-order valence-electron chi connectivity index (χ1n) is 10.8. The molecule has 0 N–H and O–H groups in total. The molecule has 31 heavy (non-hydrogen) atoms. The Morgan fingerprint density at radius 2 is 2.06 bits per heavy atom. The molecule has 162 valence electrons. The van der Waals surface area contributed by atoms with E-state index in [1.165, 1.54) is 20.0 Å². The lowest BCUT2D eigenvalue weighted by Crippen LogP contribution is -2.28. The van der Waals surface area contributed by atoms with E-state index in [9.17, 15) is 4.79 Å². The Balaban J connectivity index is 1.80. The maximum atomic E-state index is 13.0. The van der Waals surface area contributed by atoms with Gasteiger partial charge in [-0.15, -0.1) is 0 Å². The summed E-state index contributed by atoms with van der Waals surface area (Å²) < 4.78 is 13.6. The third-order valence-electron chi connectivity index (χ3n) is 6.45. The maximum absolute atomic E-state index is 13.0. The van der Waals surface area contributed by atoms with Gasteiger partial charge in [-0.05, 0) is 45.1 Å². The van der Waals surface area contributed by atoms with Gasteiger partial charge in [0.05, 0.1) is 18.2 Å². The van der Waals surface area contributed by atoms with Crippen molar-refractivity contribution in [3.63, 3.8) is 0 Å². The molecule has 0 amide bonds. The van der Waals surface area contributed by atoms with Crippen LogP contribution in [0, 0.1) is 0 Å². The van der Waals surface area contributed by atoms with Crippen LogP contribution in [0.5, 0.6) is 5.75 Å². The summed E-state index contributed by atoms with van der Waals surface area (Å²) in [6.45, 7) is 4.08. The van der Waals surface area contributed by atoms with Crippen LogP contribution in [-0.2, 0) is 24.9 Å². The Kier molecular flexibility index (Phi) is 5.16. The fourth-order valence-electron chi connectivity index (χ4n) is 4.91. The molecule has 7 nitrogen and oxygen atoms in total. The van der Waals surface area contributed by atoms with Gasteiger partial charge < -0.3 is 14.0 Å². The lowest BCUT2D eigenvalue weighted by molar-refractivity contribution is 0.0600. The van der Waals surface area contributed by atoms with E-state index in [2.05, 4.69) is 25.4 Å². The normalized spacial score (nSPS) is 17.0. The Labute approximate surface area is 182 Å². The summed E-state index contributed by atoms with van der Waals surface area (Å²) in [6, 6.07) is 6.12. The van der Waals surface area contributed by atoms with Gasteiger partial charge in [-0.1, -0.05) is 6.07 Å². The van der Waals surface area contributed by atoms with E-state index < -0.39 is 0 Å². The van der Waals surface area contributed by atoms with Crippen molar-refractivity contribution < 1.29 is 14.3 Å². The molecule has 0 saturated carbocycles. The monoisotopic (exact) mass is 420 g/mol. The topological polar surface area (TPSA) is 59.8 Å². The number of nitrogens with zero attached hydrogens (tertiary/aromatic N) is 4. The minimum absolute atomic E-state index is 0.288. The molecule has 1 fully saturated rings. The molecule has 1 aromatic carbocycles. The first-order valence-corrected chi connectivity index (χ1v) is 10.8. The minimum atomic E-state index is -0.288. The summed E-state index contributed by atoms with van der Waals surface area (Å²) in [4.78, 5) is 21.9. The van der Waals surface area contributed by atoms with E-state index in [0.717, 1.165) is 58.7 Å². The molecule has 0 atom stereocenters. The molecular weight excluding hydrogens is 392 g/mol. The van der Waals surface area contributed by atoms with E-state index in [0.29, 0.717) is 18.8 Å². The molecule has 4 heterocycles. The van der Waals surface area contributed by atoms with E-state index in [1.807, 2.05) is 32.4 Å². The third kappa shape index (κ3) is 3.38. The number of carbonyl (C=O) groups is 1. The lowest BCUT2D eigenvalue weighted by Gasteiger charge is -2.28. The number of ether oxygens (including phenoxy) is 2. The van der Waals surface area contributed by atoms with Crippen LogP contribution in [0.1, 0.15) is 34.5 Å². The van der Waals surface area contributed by atoms with Gasteiger partial charge in [-0.25, -0.2) is 4.79 Å². The second-order valence-corrected chi connectivity index (χ2v) is 8.51. The van der Waals surface area contributed by atoms with Crippen LogP contribution in [-0.4, -0.2) is 59.3 Å². The highest BCUT2D eigenvalue weighted by Gasteiger charge is 2.31.